The Balaban J connectivity index is 2.42. The van der Waals surface area contributed by atoms with E-state index in [9.17, 15) is 0 Å². The molecule has 0 spiro atoms. The molecule has 3 nitrogen and oxygen atoms in total. The molecular weight excluding hydrogens is 106 g/mol. The summed E-state index contributed by atoms with van der Waals surface area (Å²) in [6, 6.07) is 0. The standard InChI is InChI=1S/C5H11NO2/c1-4-5(6,7-2)3-8-4/h4H,3,6H2,1-2H3. The lowest BCUT2D eigenvalue weighted by Gasteiger charge is -2.42. The Morgan fingerprint density at radius 1 is 1.88 bits per heavy atom. The van der Waals surface area contributed by atoms with Crippen molar-refractivity contribution in [1.29, 1.82) is 0 Å². The molecular formula is C5H11NO2. The predicted molar refractivity (Wildman–Crippen MR) is 29.3 cm³/mol. The van der Waals surface area contributed by atoms with E-state index in [0.29, 0.717) is 6.61 Å². The number of ether oxygens (including phenoxy) is 2. The van der Waals surface area contributed by atoms with Gasteiger partial charge in [0, 0.05) is 7.11 Å². The summed E-state index contributed by atoms with van der Waals surface area (Å²) in [5.74, 6) is 0. The van der Waals surface area contributed by atoms with E-state index >= 15 is 0 Å². The Bertz CT molecular complexity index is 92.4. The molecule has 48 valence electrons. The van der Waals surface area contributed by atoms with Crippen molar-refractivity contribution in [2.75, 3.05) is 13.7 Å². The molecule has 2 unspecified atom stereocenters. The van der Waals surface area contributed by atoms with Crippen molar-refractivity contribution >= 4 is 0 Å². The Morgan fingerprint density at radius 3 is 2.50 bits per heavy atom. The fourth-order valence-electron chi connectivity index (χ4n) is 0.639. The smallest absolute Gasteiger partial charge is 0.165 e. The molecule has 1 aliphatic rings. The quantitative estimate of drug-likeness (QED) is 0.480. The fourth-order valence-corrected chi connectivity index (χ4v) is 0.639. The van der Waals surface area contributed by atoms with E-state index in [1.165, 1.54) is 0 Å². The van der Waals surface area contributed by atoms with Crippen LogP contribution in [-0.2, 0) is 9.47 Å². The molecule has 0 radical (unpaired) electrons. The van der Waals surface area contributed by atoms with Crippen LogP contribution in [0.3, 0.4) is 0 Å². The number of rotatable bonds is 1. The van der Waals surface area contributed by atoms with Gasteiger partial charge in [-0.2, -0.15) is 0 Å². The predicted octanol–water partition coefficient (Wildman–Crippen LogP) is -0.294. The first-order chi connectivity index (χ1) is 3.69. The maximum absolute atomic E-state index is 5.60. The summed E-state index contributed by atoms with van der Waals surface area (Å²) in [6.07, 6.45) is 0.0486. The van der Waals surface area contributed by atoms with E-state index in [0.717, 1.165) is 0 Å². The lowest BCUT2D eigenvalue weighted by Crippen LogP contribution is -2.64. The Labute approximate surface area is 48.8 Å². The molecule has 1 heterocycles. The van der Waals surface area contributed by atoms with Gasteiger partial charge in [0.25, 0.3) is 0 Å². The summed E-state index contributed by atoms with van der Waals surface area (Å²) < 4.78 is 9.93. The lowest BCUT2D eigenvalue weighted by atomic mass is 10.1. The minimum Gasteiger partial charge on any atom is -0.369 e. The molecule has 0 aliphatic carbocycles. The maximum Gasteiger partial charge on any atom is 0.165 e. The molecule has 1 fully saturated rings. The third-order valence-corrected chi connectivity index (χ3v) is 1.63. The second kappa shape index (κ2) is 1.69. The van der Waals surface area contributed by atoms with Crippen molar-refractivity contribution < 1.29 is 9.47 Å². The Morgan fingerprint density at radius 2 is 2.50 bits per heavy atom. The molecule has 2 atom stereocenters. The van der Waals surface area contributed by atoms with E-state index in [4.69, 9.17) is 15.2 Å². The highest BCUT2D eigenvalue weighted by molar-refractivity contribution is 4.88. The van der Waals surface area contributed by atoms with Crippen molar-refractivity contribution in [2.24, 2.45) is 5.73 Å². The minimum atomic E-state index is -0.500. The van der Waals surface area contributed by atoms with Gasteiger partial charge >= 0.3 is 0 Å². The van der Waals surface area contributed by atoms with Crippen LogP contribution < -0.4 is 5.73 Å². The van der Waals surface area contributed by atoms with E-state index in [1.54, 1.807) is 7.11 Å². The normalized spacial score (nSPS) is 46.1. The summed E-state index contributed by atoms with van der Waals surface area (Å²) in [5.41, 5.74) is 5.10. The van der Waals surface area contributed by atoms with Crippen LogP contribution in [0, 0.1) is 0 Å². The highest BCUT2D eigenvalue weighted by Gasteiger charge is 2.42. The molecule has 1 rings (SSSR count). The van der Waals surface area contributed by atoms with Gasteiger partial charge in [-0.1, -0.05) is 0 Å². The van der Waals surface area contributed by atoms with E-state index in [2.05, 4.69) is 0 Å². The van der Waals surface area contributed by atoms with Crippen molar-refractivity contribution in [3.63, 3.8) is 0 Å². The highest BCUT2D eigenvalue weighted by Crippen LogP contribution is 2.22. The average molecular weight is 117 g/mol. The van der Waals surface area contributed by atoms with Gasteiger partial charge < -0.3 is 9.47 Å². The van der Waals surface area contributed by atoms with Gasteiger partial charge in [-0.25, -0.2) is 0 Å². The topological polar surface area (TPSA) is 44.5 Å². The van der Waals surface area contributed by atoms with Crippen LogP contribution in [0.4, 0.5) is 0 Å². The molecule has 0 aromatic heterocycles. The minimum absolute atomic E-state index is 0.0486. The molecule has 1 aliphatic heterocycles. The fraction of sp³-hybridized carbons (Fsp3) is 1.00. The third-order valence-electron chi connectivity index (χ3n) is 1.63. The molecule has 0 saturated carbocycles. The lowest BCUT2D eigenvalue weighted by molar-refractivity contribution is -0.240. The van der Waals surface area contributed by atoms with Crippen molar-refractivity contribution in [2.45, 2.75) is 18.8 Å². The van der Waals surface area contributed by atoms with Gasteiger partial charge in [-0.15, -0.1) is 0 Å². The second-order valence-corrected chi connectivity index (χ2v) is 2.11. The summed E-state index contributed by atoms with van der Waals surface area (Å²) in [7, 11) is 1.60. The average Bonchev–Trinajstić information content (AvgIpc) is 1.83. The van der Waals surface area contributed by atoms with Crippen molar-refractivity contribution in [3.05, 3.63) is 0 Å². The van der Waals surface area contributed by atoms with Crippen LogP contribution >= 0.6 is 0 Å². The van der Waals surface area contributed by atoms with Crippen LogP contribution in [0.25, 0.3) is 0 Å². The largest absolute Gasteiger partial charge is 0.369 e. The summed E-state index contributed by atoms with van der Waals surface area (Å²) >= 11 is 0. The van der Waals surface area contributed by atoms with Crippen LogP contribution in [0.1, 0.15) is 6.92 Å². The third kappa shape index (κ3) is 0.632. The molecule has 0 aromatic carbocycles. The molecule has 0 aromatic rings. The van der Waals surface area contributed by atoms with Gasteiger partial charge in [-0.05, 0) is 6.92 Å². The maximum atomic E-state index is 5.60. The molecule has 0 amide bonds. The summed E-state index contributed by atoms with van der Waals surface area (Å²) in [6.45, 7) is 2.41. The molecule has 8 heavy (non-hydrogen) atoms. The van der Waals surface area contributed by atoms with Crippen LogP contribution in [0.15, 0.2) is 0 Å². The first-order valence-corrected chi connectivity index (χ1v) is 2.65. The van der Waals surface area contributed by atoms with Gasteiger partial charge in [-0.3, -0.25) is 5.73 Å². The molecule has 2 N–H and O–H groups in total. The number of methoxy groups -OCH3 is 1. The van der Waals surface area contributed by atoms with Gasteiger partial charge in [0.15, 0.2) is 5.72 Å². The van der Waals surface area contributed by atoms with Crippen molar-refractivity contribution in [3.8, 4) is 0 Å². The summed E-state index contributed by atoms with van der Waals surface area (Å²) in [4.78, 5) is 0. The summed E-state index contributed by atoms with van der Waals surface area (Å²) in [5, 5.41) is 0. The zero-order valence-corrected chi connectivity index (χ0v) is 5.18. The Hall–Kier alpha value is -0.120. The SMILES string of the molecule is COC1(N)COC1C. The van der Waals surface area contributed by atoms with E-state index in [1.807, 2.05) is 6.92 Å². The number of nitrogens with two attached hydrogens (primary N) is 1. The highest BCUT2D eigenvalue weighted by atomic mass is 16.6. The first-order valence-electron chi connectivity index (χ1n) is 2.65. The monoisotopic (exact) mass is 117 g/mol. The van der Waals surface area contributed by atoms with Crippen LogP contribution in [0.5, 0.6) is 0 Å². The van der Waals surface area contributed by atoms with Gasteiger partial charge in [0.2, 0.25) is 0 Å². The first kappa shape index (κ1) is 6.01. The zero-order chi connectivity index (χ0) is 6.20. The zero-order valence-electron chi connectivity index (χ0n) is 5.18. The molecule has 1 saturated heterocycles. The number of hydrogen-bond acceptors (Lipinski definition) is 3. The Kier molecular flexibility index (Phi) is 1.27. The second-order valence-electron chi connectivity index (χ2n) is 2.11. The van der Waals surface area contributed by atoms with Crippen molar-refractivity contribution in [1.82, 2.24) is 0 Å². The van der Waals surface area contributed by atoms with Gasteiger partial charge in [0.05, 0.1) is 12.7 Å². The van der Waals surface area contributed by atoms with Gasteiger partial charge in [0.1, 0.15) is 0 Å². The van der Waals surface area contributed by atoms with Crippen LogP contribution in [0.2, 0.25) is 0 Å². The van der Waals surface area contributed by atoms with E-state index < -0.39 is 5.72 Å². The number of hydrogen-bond donors (Lipinski definition) is 1. The van der Waals surface area contributed by atoms with Crippen LogP contribution in [-0.4, -0.2) is 25.5 Å². The molecule has 0 bridgehead atoms. The van der Waals surface area contributed by atoms with E-state index in [-0.39, 0.29) is 6.10 Å². The molecule has 3 heteroatoms.